The summed E-state index contributed by atoms with van der Waals surface area (Å²) in [6.45, 7) is 4.25. The molecule has 0 saturated heterocycles. The van der Waals surface area contributed by atoms with Crippen molar-refractivity contribution in [2.75, 3.05) is 0 Å². The van der Waals surface area contributed by atoms with Gasteiger partial charge in [-0.1, -0.05) is 50.1 Å². The van der Waals surface area contributed by atoms with Gasteiger partial charge in [0, 0.05) is 0 Å². The number of halogens is 2. The van der Waals surface area contributed by atoms with Crippen LogP contribution in [0, 0.1) is 13.8 Å². The molecule has 1 aromatic rings. The Kier molecular flexibility index (Phi) is 3.14. The van der Waals surface area contributed by atoms with Gasteiger partial charge in [0.25, 0.3) is 0 Å². The Morgan fingerprint density at radius 1 is 1.09 bits per heavy atom. The van der Waals surface area contributed by atoms with Crippen molar-refractivity contribution in [3.05, 3.63) is 34.9 Å². The molecule has 0 nitrogen and oxygen atoms in total. The molecule has 11 heavy (non-hydrogen) atoms. The summed E-state index contributed by atoms with van der Waals surface area (Å²) in [6.07, 6.45) is 0. The zero-order valence-corrected chi connectivity index (χ0v) is 9.74. The number of benzene rings is 1. The van der Waals surface area contributed by atoms with Crippen LogP contribution in [0.25, 0.3) is 0 Å². The predicted molar refractivity (Wildman–Crippen MR) is 56.5 cm³/mol. The highest BCUT2D eigenvalue weighted by Gasteiger charge is 2.07. The van der Waals surface area contributed by atoms with Gasteiger partial charge >= 0.3 is 0 Å². The minimum Gasteiger partial charge on any atom is -0.0712 e. The summed E-state index contributed by atoms with van der Waals surface area (Å²) in [4.78, 5) is 0. The van der Waals surface area contributed by atoms with Crippen molar-refractivity contribution in [1.82, 2.24) is 0 Å². The second kappa shape index (κ2) is 3.72. The van der Waals surface area contributed by atoms with Crippen LogP contribution in [0.3, 0.4) is 0 Å². The Bertz CT molecular complexity index is 233. The topological polar surface area (TPSA) is 0 Å². The van der Waals surface area contributed by atoms with Gasteiger partial charge in [0.1, 0.15) is 0 Å². The first-order chi connectivity index (χ1) is 5.13. The quantitative estimate of drug-likeness (QED) is 0.679. The monoisotopic (exact) mass is 276 g/mol. The fraction of sp³-hybridized carbons (Fsp3) is 0.333. The Morgan fingerprint density at radius 2 is 1.55 bits per heavy atom. The van der Waals surface area contributed by atoms with Gasteiger partial charge in [-0.05, 0) is 30.5 Å². The van der Waals surface area contributed by atoms with Gasteiger partial charge < -0.3 is 0 Å². The summed E-state index contributed by atoms with van der Waals surface area (Å²) in [5.74, 6) is 0. The Hall–Kier alpha value is 0.180. The smallest absolute Gasteiger partial charge is 0.0712 e. The van der Waals surface area contributed by atoms with Gasteiger partial charge in [-0.2, -0.15) is 0 Å². The van der Waals surface area contributed by atoms with Crippen molar-refractivity contribution in [2.24, 2.45) is 0 Å². The Morgan fingerprint density at radius 3 is 1.82 bits per heavy atom. The van der Waals surface area contributed by atoms with E-state index in [1.807, 2.05) is 0 Å². The fourth-order valence-corrected chi connectivity index (χ4v) is 2.62. The maximum atomic E-state index is 3.50. The summed E-state index contributed by atoms with van der Waals surface area (Å²) < 4.78 is 0.274. The van der Waals surface area contributed by atoms with E-state index in [9.17, 15) is 0 Å². The fourth-order valence-electron chi connectivity index (χ4n) is 1.17. The van der Waals surface area contributed by atoms with Crippen molar-refractivity contribution < 1.29 is 0 Å². The largest absolute Gasteiger partial charge is 0.0951 e. The minimum absolute atomic E-state index is 0.274. The number of aryl methyl sites for hydroxylation is 2. The third-order valence-corrected chi connectivity index (χ3v) is 2.68. The highest BCUT2D eigenvalue weighted by atomic mass is 79.9. The van der Waals surface area contributed by atoms with Crippen LogP contribution in [0.4, 0.5) is 0 Å². The van der Waals surface area contributed by atoms with Gasteiger partial charge in [-0.15, -0.1) is 0 Å². The van der Waals surface area contributed by atoms with E-state index >= 15 is 0 Å². The van der Waals surface area contributed by atoms with Crippen LogP contribution >= 0.6 is 31.9 Å². The molecule has 0 bridgehead atoms. The van der Waals surface area contributed by atoms with E-state index in [0.717, 1.165) is 0 Å². The number of hydrogen-bond donors (Lipinski definition) is 0. The highest BCUT2D eigenvalue weighted by molar-refractivity contribution is 9.24. The molecule has 0 aromatic heterocycles. The number of rotatable bonds is 1. The summed E-state index contributed by atoms with van der Waals surface area (Å²) >= 11 is 7.00. The summed E-state index contributed by atoms with van der Waals surface area (Å²) in [6, 6.07) is 6.33. The first kappa shape index (κ1) is 9.27. The second-order valence-electron chi connectivity index (χ2n) is 2.61. The molecule has 60 valence electrons. The molecule has 0 aliphatic carbocycles. The Labute approximate surface area is 84.3 Å². The van der Waals surface area contributed by atoms with Gasteiger partial charge in [0.15, 0.2) is 0 Å². The maximum absolute atomic E-state index is 3.50. The van der Waals surface area contributed by atoms with Crippen LogP contribution in [0.15, 0.2) is 18.2 Å². The summed E-state index contributed by atoms with van der Waals surface area (Å²) in [5, 5.41) is 0. The third kappa shape index (κ3) is 2.06. The van der Waals surface area contributed by atoms with E-state index in [1.54, 1.807) is 0 Å². The van der Waals surface area contributed by atoms with Gasteiger partial charge in [0.2, 0.25) is 0 Å². The molecular weight excluding hydrogens is 268 g/mol. The van der Waals surface area contributed by atoms with E-state index in [0.29, 0.717) is 0 Å². The van der Waals surface area contributed by atoms with Crippen LogP contribution in [0.5, 0.6) is 0 Å². The van der Waals surface area contributed by atoms with E-state index in [-0.39, 0.29) is 3.74 Å². The van der Waals surface area contributed by atoms with E-state index < -0.39 is 0 Å². The first-order valence-electron chi connectivity index (χ1n) is 3.47. The molecule has 0 fully saturated rings. The van der Waals surface area contributed by atoms with Crippen molar-refractivity contribution in [3.63, 3.8) is 0 Å². The zero-order chi connectivity index (χ0) is 8.43. The van der Waals surface area contributed by atoms with Crippen LogP contribution in [-0.2, 0) is 0 Å². The molecule has 0 saturated carbocycles. The van der Waals surface area contributed by atoms with E-state index in [4.69, 9.17) is 0 Å². The van der Waals surface area contributed by atoms with Crippen LogP contribution < -0.4 is 0 Å². The molecule has 0 radical (unpaired) electrons. The molecule has 0 unspecified atom stereocenters. The third-order valence-electron chi connectivity index (χ3n) is 1.76. The maximum Gasteiger partial charge on any atom is 0.0951 e. The molecule has 2 heteroatoms. The minimum atomic E-state index is 0.274. The SMILES string of the molecule is Cc1cccc(C)c1C(Br)Br. The Balaban J connectivity index is 3.21. The lowest BCUT2D eigenvalue weighted by Gasteiger charge is -2.09. The van der Waals surface area contributed by atoms with Crippen LogP contribution in [-0.4, -0.2) is 0 Å². The standard InChI is InChI=1S/C9H10Br2/c1-6-4-3-5-7(2)8(6)9(10)11/h3-5,9H,1-2H3. The lowest BCUT2D eigenvalue weighted by Crippen LogP contribution is -1.90. The molecule has 0 N–H and O–H groups in total. The average Bonchev–Trinajstić information content (AvgIpc) is 1.85. The molecule has 0 aliphatic rings. The molecule has 1 aromatic carbocycles. The van der Waals surface area contributed by atoms with Crippen molar-refractivity contribution in [1.29, 1.82) is 0 Å². The molecule has 0 amide bonds. The number of alkyl halides is 2. The van der Waals surface area contributed by atoms with Crippen molar-refractivity contribution in [3.8, 4) is 0 Å². The van der Waals surface area contributed by atoms with Crippen LogP contribution in [0.1, 0.15) is 20.4 Å². The van der Waals surface area contributed by atoms with Gasteiger partial charge in [-0.25, -0.2) is 0 Å². The highest BCUT2D eigenvalue weighted by Crippen LogP contribution is 2.33. The lowest BCUT2D eigenvalue weighted by atomic mass is 10.1. The van der Waals surface area contributed by atoms with E-state index in [2.05, 4.69) is 63.9 Å². The normalized spacial score (nSPS) is 10.6. The summed E-state index contributed by atoms with van der Waals surface area (Å²) in [7, 11) is 0. The van der Waals surface area contributed by atoms with Gasteiger partial charge in [-0.3, -0.25) is 0 Å². The molecule has 0 heterocycles. The van der Waals surface area contributed by atoms with Crippen LogP contribution in [0.2, 0.25) is 0 Å². The molecular formula is C9H10Br2. The lowest BCUT2D eigenvalue weighted by molar-refractivity contribution is 1.24. The zero-order valence-electron chi connectivity index (χ0n) is 6.57. The van der Waals surface area contributed by atoms with Crippen molar-refractivity contribution in [2.45, 2.75) is 17.6 Å². The average molecular weight is 278 g/mol. The molecule has 1 rings (SSSR count). The molecule has 0 atom stereocenters. The predicted octanol–water partition coefficient (Wildman–Crippen LogP) is 4.09. The molecule has 0 spiro atoms. The van der Waals surface area contributed by atoms with Crippen molar-refractivity contribution >= 4 is 31.9 Å². The van der Waals surface area contributed by atoms with E-state index in [1.165, 1.54) is 16.7 Å². The second-order valence-corrected chi connectivity index (χ2v) is 5.67. The first-order valence-corrected chi connectivity index (χ1v) is 5.30. The molecule has 0 aliphatic heterocycles. The summed E-state index contributed by atoms with van der Waals surface area (Å²) in [5.41, 5.74) is 3.99. The number of hydrogen-bond acceptors (Lipinski definition) is 0. The van der Waals surface area contributed by atoms with Gasteiger partial charge in [0.05, 0.1) is 3.74 Å².